The van der Waals surface area contributed by atoms with E-state index in [2.05, 4.69) is 78.0 Å². The van der Waals surface area contributed by atoms with Crippen LogP contribution in [-0.4, -0.2) is 0 Å². The van der Waals surface area contributed by atoms with Crippen LogP contribution in [0.15, 0.2) is 60.2 Å². The number of hydrogen-bond donors (Lipinski definition) is 0. The van der Waals surface area contributed by atoms with Crippen LogP contribution in [0.2, 0.25) is 0 Å². The average molecular weight is 381 g/mol. The molecule has 0 fully saturated rings. The van der Waals surface area contributed by atoms with Crippen molar-refractivity contribution in [2.75, 3.05) is 0 Å². The summed E-state index contributed by atoms with van der Waals surface area (Å²) in [5.41, 5.74) is 4.02. The molecule has 0 saturated carbocycles. The highest BCUT2D eigenvalue weighted by molar-refractivity contribution is 5.62. The molecule has 0 unspecified atom stereocenters. The Kier molecular flexibility index (Phi) is 73.1. The summed E-state index contributed by atoms with van der Waals surface area (Å²) < 4.78 is 0. The molecule has 0 radical (unpaired) electrons. The van der Waals surface area contributed by atoms with Crippen molar-refractivity contribution in [3.63, 3.8) is 0 Å². The molecule has 0 aliphatic rings. The molecule has 1 rings (SSSR count). The molecule has 0 aliphatic heterocycles. The lowest BCUT2D eigenvalue weighted by atomic mass is 10.1. The van der Waals surface area contributed by atoms with Crippen molar-refractivity contribution >= 4 is 5.57 Å². The molecule has 0 aromatic heterocycles. The van der Waals surface area contributed by atoms with Gasteiger partial charge in [-0.05, 0) is 59.6 Å². The molecule has 0 nitrogen and oxygen atoms in total. The zero-order chi connectivity index (χ0) is 19.8. The second-order valence-corrected chi connectivity index (χ2v) is 5.08. The molecular formula is C27H56. The number of allylic oxidation sites excluding steroid dienone is 6. The van der Waals surface area contributed by atoms with Crippen molar-refractivity contribution in [2.24, 2.45) is 0 Å². The maximum absolute atomic E-state index is 2.12. The monoisotopic (exact) mass is 380 g/mol. The first kappa shape index (κ1) is 44.7. The van der Waals surface area contributed by atoms with Gasteiger partial charge in [-0.1, -0.05) is 117 Å². The predicted molar refractivity (Wildman–Crippen MR) is 139 cm³/mol. The van der Waals surface area contributed by atoms with Crippen LogP contribution in [-0.2, 0) is 0 Å². The molecule has 0 N–H and O–H groups in total. The summed E-state index contributed by atoms with van der Waals surface area (Å²) >= 11 is 0. The van der Waals surface area contributed by atoms with E-state index in [9.17, 15) is 0 Å². The Bertz CT molecular complexity index is 383. The van der Waals surface area contributed by atoms with Crippen molar-refractivity contribution in [1.82, 2.24) is 0 Å². The quantitative estimate of drug-likeness (QED) is 0.425. The molecule has 27 heavy (non-hydrogen) atoms. The van der Waals surface area contributed by atoms with Gasteiger partial charge in [-0.3, -0.25) is 0 Å². The Hall–Kier alpha value is -1.56. The van der Waals surface area contributed by atoms with Crippen LogP contribution in [0.4, 0.5) is 0 Å². The van der Waals surface area contributed by atoms with E-state index in [1.165, 1.54) is 23.1 Å². The number of rotatable bonds is 1. The van der Waals surface area contributed by atoms with Crippen LogP contribution in [0, 0.1) is 0 Å². The highest BCUT2D eigenvalue weighted by atomic mass is 13.9. The smallest absolute Gasteiger partial charge is 0.0231 e. The van der Waals surface area contributed by atoms with Crippen LogP contribution in [0.3, 0.4) is 0 Å². The second-order valence-electron chi connectivity index (χ2n) is 5.08. The van der Waals surface area contributed by atoms with E-state index in [1.807, 2.05) is 52.8 Å². The SMILES string of the molecule is C.C.C.CC.CC=C(C)C.CC=C(C)c1ccccc1.CC=CC.CCC. The fraction of sp³-hybridized carbons (Fsp3) is 0.556. The third kappa shape index (κ3) is 51.6. The zero-order valence-corrected chi connectivity index (χ0v) is 18.4. The van der Waals surface area contributed by atoms with Gasteiger partial charge >= 0.3 is 0 Å². The van der Waals surface area contributed by atoms with E-state index in [1.54, 1.807) is 0 Å². The minimum absolute atomic E-state index is 0. The first-order valence-corrected chi connectivity index (χ1v) is 9.29. The molecule has 0 heteroatoms. The van der Waals surface area contributed by atoms with Gasteiger partial charge in [0.05, 0.1) is 0 Å². The number of hydrogen-bond acceptors (Lipinski definition) is 0. The lowest BCUT2D eigenvalue weighted by Crippen LogP contribution is -1.75. The average Bonchev–Trinajstić information content (AvgIpc) is 2.64. The van der Waals surface area contributed by atoms with E-state index in [4.69, 9.17) is 0 Å². The summed E-state index contributed by atoms with van der Waals surface area (Å²) in [6, 6.07) is 10.4. The summed E-state index contributed by atoms with van der Waals surface area (Å²) in [4.78, 5) is 0. The summed E-state index contributed by atoms with van der Waals surface area (Å²) in [6.45, 7) is 22.6. The standard InChI is InChI=1S/C10H12.C5H10.C4H8.C3H8.C2H6.3CH4/c1-3-9(2)10-7-5-4-6-8-10;1-4-5(2)3;1-3-4-2;1-3-2;1-2;;;/h3-8H,1-2H3;4H,1-3H3;3-4H,1-2H3;3H2,1-2H3;1-2H3;3*1H4. The van der Waals surface area contributed by atoms with Gasteiger partial charge in [0.1, 0.15) is 0 Å². The van der Waals surface area contributed by atoms with Crippen molar-refractivity contribution in [3.05, 3.63) is 65.8 Å². The van der Waals surface area contributed by atoms with E-state index in [0.717, 1.165) is 0 Å². The summed E-state index contributed by atoms with van der Waals surface area (Å²) in [6.07, 6.45) is 9.45. The largest absolute Gasteiger partial charge is 0.0919 e. The van der Waals surface area contributed by atoms with Crippen LogP contribution >= 0.6 is 0 Å². The molecule has 0 bridgehead atoms. The molecule has 0 spiro atoms. The van der Waals surface area contributed by atoms with Gasteiger partial charge in [0.25, 0.3) is 0 Å². The maximum atomic E-state index is 2.12. The Morgan fingerprint density at radius 2 is 1.00 bits per heavy atom. The fourth-order valence-electron chi connectivity index (χ4n) is 0.868. The summed E-state index contributed by atoms with van der Waals surface area (Å²) in [5.74, 6) is 0. The van der Waals surface area contributed by atoms with E-state index < -0.39 is 0 Å². The van der Waals surface area contributed by atoms with Crippen LogP contribution < -0.4 is 0 Å². The first-order chi connectivity index (χ1) is 11.4. The van der Waals surface area contributed by atoms with Crippen LogP contribution in [0.1, 0.15) is 110 Å². The molecule has 0 heterocycles. The lowest BCUT2D eigenvalue weighted by Gasteiger charge is -1.97. The topological polar surface area (TPSA) is 0 Å². The highest BCUT2D eigenvalue weighted by Crippen LogP contribution is 2.11. The lowest BCUT2D eigenvalue weighted by molar-refractivity contribution is 1.09. The molecule has 0 saturated heterocycles. The first-order valence-electron chi connectivity index (χ1n) is 9.29. The van der Waals surface area contributed by atoms with Crippen molar-refractivity contribution in [2.45, 2.75) is 105 Å². The second kappa shape index (κ2) is 44.1. The minimum atomic E-state index is 0. The van der Waals surface area contributed by atoms with Crippen molar-refractivity contribution in [3.8, 4) is 0 Å². The van der Waals surface area contributed by atoms with E-state index in [0.29, 0.717) is 0 Å². The number of benzene rings is 1. The molecule has 1 aromatic carbocycles. The Labute approximate surface area is 176 Å². The summed E-state index contributed by atoms with van der Waals surface area (Å²) in [7, 11) is 0. The van der Waals surface area contributed by atoms with Gasteiger partial charge in [-0.25, -0.2) is 0 Å². The third-order valence-corrected chi connectivity index (χ3v) is 2.57. The Balaban J connectivity index is -0.0000000410. The maximum Gasteiger partial charge on any atom is -0.0231 e. The molecule has 164 valence electrons. The van der Waals surface area contributed by atoms with Crippen molar-refractivity contribution in [1.29, 1.82) is 0 Å². The summed E-state index contributed by atoms with van der Waals surface area (Å²) in [5, 5.41) is 0. The van der Waals surface area contributed by atoms with Crippen LogP contribution in [0.5, 0.6) is 0 Å². The van der Waals surface area contributed by atoms with Gasteiger partial charge in [0.15, 0.2) is 0 Å². The zero-order valence-electron chi connectivity index (χ0n) is 18.4. The van der Waals surface area contributed by atoms with E-state index in [-0.39, 0.29) is 22.3 Å². The fourth-order valence-corrected chi connectivity index (χ4v) is 0.868. The van der Waals surface area contributed by atoms with E-state index >= 15 is 0 Å². The third-order valence-electron chi connectivity index (χ3n) is 2.57. The van der Waals surface area contributed by atoms with Gasteiger partial charge in [0, 0.05) is 0 Å². The normalized spacial score (nSPS) is 7.89. The molecule has 0 aliphatic carbocycles. The highest BCUT2D eigenvalue weighted by Gasteiger charge is 1.88. The molecule has 1 aromatic rings. The molecule has 0 atom stereocenters. The Morgan fingerprint density at radius 1 is 0.704 bits per heavy atom. The van der Waals surface area contributed by atoms with Gasteiger partial charge in [0.2, 0.25) is 0 Å². The molecular weight excluding hydrogens is 324 g/mol. The molecule has 0 amide bonds. The van der Waals surface area contributed by atoms with Gasteiger partial charge in [-0.15, -0.1) is 0 Å². The Morgan fingerprint density at radius 3 is 1.19 bits per heavy atom. The van der Waals surface area contributed by atoms with Crippen LogP contribution in [0.25, 0.3) is 5.57 Å². The predicted octanol–water partition coefficient (Wildman–Crippen LogP) is 11.0. The van der Waals surface area contributed by atoms with Crippen molar-refractivity contribution < 1.29 is 0 Å². The minimum Gasteiger partial charge on any atom is -0.0919 e. The van der Waals surface area contributed by atoms with Gasteiger partial charge in [-0.2, -0.15) is 0 Å². The van der Waals surface area contributed by atoms with Gasteiger partial charge < -0.3 is 0 Å².